The molecule has 0 radical (unpaired) electrons. The number of aromatic nitrogens is 8. The molecule has 0 amide bonds. The molecule has 0 atom stereocenters. The maximum Gasteiger partial charge on any atom is 0.228 e. The van der Waals surface area contributed by atoms with Crippen LogP contribution in [-0.4, -0.2) is 39.9 Å². The number of rotatable bonds is 8. The Labute approximate surface area is 501 Å². The first-order valence-electron chi connectivity index (χ1n) is 29.2. The predicted molar refractivity (Wildman–Crippen MR) is 354 cm³/mol. The molecule has 0 unspecified atom stereocenters. The van der Waals surface area contributed by atoms with E-state index in [1.165, 1.54) is 0 Å². The van der Waals surface area contributed by atoms with Gasteiger partial charge < -0.3 is 8.83 Å². The van der Waals surface area contributed by atoms with Gasteiger partial charge in [-0.1, -0.05) is 194 Å². The summed E-state index contributed by atoms with van der Waals surface area (Å²) in [5.41, 5.74) is 12.0. The highest BCUT2D eigenvalue weighted by Gasteiger charge is 2.23. The second-order valence-corrected chi connectivity index (χ2v) is 22.2. The quantitative estimate of drug-likeness (QED) is 0.136. The van der Waals surface area contributed by atoms with Crippen LogP contribution in [0.3, 0.4) is 0 Å². The van der Waals surface area contributed by atoms with Crippen LogP contribution in [0.4, 0.5) is 0 Å². The predicted octanol–water partition coefficient (Wildman–Crippen LogP) is 19.7. The van der Waals surface area contributed by atoms with Gasteiger partial charge in [0.2, 0.25) is 11.4 Å². The lowest BCUT2D eigenvalue weighted by Crippen LogP contribution is -2.01. The van der Waals surface area contributed by atoms with Crippen LogP contribution in [0.5, 0.6) is 0 Å². The van der Waals surface area contributed by atoms with Gasteiger partial charge in [0, 0.05) is 61.9 Å². The molecular formula is C78H44N8O2. The van der Waals surface area contributed by atoms with Crippen molar-refractivity contribution >= 4 is 98.0 Å². The standard InChI is InChI=1S/C78H44N8O2/c1-3-16-46(17-4-1)64-44-55(73-81-72(53-28-27-45-15-7-8-20-48(45)40-53)84-74(85-73)62-35-37-79-77-69(62)60-23-11-13-25-66(60)87-77)42-54-41-50(29-32-57(54)64)49-30-33-58-52(39-49)31-34-59-56-22-10-9-21-51(56)43-65(68(58)59)76-83-71(47-18-5-2-6-19-47)82-75(86-76)63-36-38-80-78-70(63)61-24-12-14-26-67(61)88-78/h1-44H. The topological polar surface area (TPSA) is 129 Å². The number of para-hydroxylation sites is 2. The van der Waals surface area contributed by atoms with Crippen LogP contribution >= 0.6 is 0 Å². The van der Waals surface area contributed by atoms with Crippen molar-refractivity contribution in [3.05, 3.63) is 267 Å². The van der Waals surface area contributed by atoms with E-state index in [1.807, 2.05) is 78.9 Å². The second kappa shape index (κ2) is 19.7. The monoisotopic (exact) mass is 1120 g/mol. The van der Waals surface area contributed by atoms with Gasteiger partial charge in [0.25, 0.3) is 0 Å². The number of fused-ring (bicyclic) bond motifs is 13. The van der Waals surface area contributed by atoms with Crippen LogP contribution in [-0.2, 0) is 0 Å². The summed E-state index contributed by atoms with van der Waals surface area (Å²) in [5.74, 6) is 3.28. The summed E-state index contributed by atoms with van der Waals surface area (Å²) < 4.78 is 12.6. The van der Waals surface area contributed by atoms with E-state index in [2.05, 4.69) is 186 Å². The Hall–Kier alpha value is -12.1. The van der Waals surface area contributed by atoms with Crippen LogP contribution in [0.1, 0.15) is 0 Å². The Kier molecular flexibility index (Phi) is 11.1. The minimum absolute atomic E-state index is 0.521. The van der Waals surface area contributed by atoms with Crippen molar-refractivity contribution in [1.82, 2.24) is 39.9 Å². The van der Waals surface area contributed by atoms with Gasteiger partial charge in [0.1, 0.15) is 11.2 Å². The zero-order chi connectivity index (χ0) is 57.8. The molecule has 408 valence electrons. The van der Waals surface area contributed by atoms with E-state index in [9.17, 15) is 0 Å². The molecule has 0 fully saturated rings. The highest BCUT2D eigenvalue weighted by molar-refractivity contribution is 6.23. The van der Waals surface area contributed by atoms with Crippen molar-refractivity contribution in [1.29, 1.82) is 0 Å². The molecule has 10 heteroatoms. The lowest BCUT2D eigenvalue weighted by molar-refractivity contribution is 0.653. The first-order chi connectivity index (χ1) is 43.6. The molecule has 88 heavy (non-hydrogen) atoms. The second-order valence-electron chi connectivity index (χ2n) is 22.2. The smallest absolute Gasteiger partial charge is 0.228 e. The molecule has 6 heterocycles. The summed E-state index contributed by atoms with van der Waals surface area (Å²) in [4.78, 5) is 41.2. The highest BCUT2D eigenvalue weighted by Crippen LogP contribution is 2.44. The van der Waals surface area contributed by atoms with Crippen molar-refractivity contribution in [2.45, 2.75) is 0 Å². The number of pyridine rings is 2. The van der Waals surface area contributed by atoms with Crippen LogP contribution in [0.2, 0.25) is 0 Å². The van der Waals surface area contributed by atoms with Crippen LogP contribution in [0.25, 0.3) is 189 Å². The molecule has 0 saturated carbocycles. The number of hydrogen-bond acceptors (Lipinski definition) is 10. The summed E-state index contributed by atoms with van der Waals surface area (Å²) in [6.07, 6.45) is 3.52. The van der Waals surface area contributed by atoms with E-state index in [-0.39, 0.29) is 0 Å². The molecule has 0 aliphatic rings. The van der Waals surface area contributed by atoms with Crippen molar-refractivity contribution in [3.63, 3.8) is 0 Å². The average Bonchev–Trinajstić information content (AvgIpc) is 2.06. The van der Waals surface area contributed by atoms with Crippen molar-refractivity contribution in [2.75, 3.05) is 0 Å². The molecule has 0 bridgehead atoms. The van der Waals surface area contributed by atoms with Crippen molar-refractivity contribution in [3.8, 4) is 90.6 Å². The normalized spacial score (nSPS) is 11.9. The van der Waals surface area contributed by atoms with E-state index in [0.29, 0.717) is 46.4 Å². The van der Waals surface area contributed by atoms with Gasteiger partial charge >= 0.3 is 0 Å². The van der Waals surface area contributed by atoms with E-state index in [0.717, 1.165) is 142 Å². The average molecular weight is 1130 g/mol. The van der Waals surface area contributed by atoms with Crippen LogP contribution < -0.4 is 0 Å². The Morgan fingerprint density at radius 3 is 1.35 bits per heavy atom. The summed E-state index contributed by atoms with van der Waals surface area (Å²) >= 11 is 0. The Morgan fingerprint density at radius 2 is 0.670 bits per heavy atom. The number of benzene rings is 12. The molecule has 0 spiro atoms. The fourth-order valence-corrected chi connectivity index (χ4v) is 12.9. The van der Waals surface area contributed by atoms with Gasteiger partial charge in [-0.05, 0) is 131 Å². The highest BCUT2D eigenvalue weighted by atomic mass is 16.3. The van der Waals surface area contributed by atoms with E-state index in [4.69, 9.17) is 38.7 Å². The zero-order valence-corrected chi connectivity index (χ0v) is 46.8. The van der Waals surface area contributed by atoms with E-state index < -0.39 is 0 Å². The van der Waals surface area contributed by atoms with Crippen LogP contribution in [0.15, 0.2) is 276 Å². The first-order valence-corrected chi connectivity index (χ1v) is 29.2. The van der Waals surface area contributed by atoms with Gasteiger partial charge in [-0.15, -0.1) is 0 Å². The van der Waals surface area contributed by atoms with Crippen LogP contribution in [0, 0.1) is 0 Å². The first kappa shape index (κ1) is 49.3. The molecule has 18 aromatic rings. The fourth-order valence-electron chi connectivity index (χ4n) is 12.9. The van der Waals surface area contributed by atoms with Gasteiger partial charge in [0.15, 0.2) is 34.9 Å². The number of nitrogens with zero attached hydrogens (tertiary/aromatic N) is 8. The third-order valence-electron chi connectivity index (χ3n) is 17.1. The molecule has 12 aromatic carbocycles. The minimum atomic E-state index is 0.521. The Morgan fingerprint density at radius 1 is 0.216 bits per heavy atom. The Balaban J connectivity index is 0.818. The van der Waals surface area contributed by atoms with E-state index in [1.54, 1.807) is 12.4 Å². The molecule has 10 nitrogen and oxygen atoms in total. The molecule has 0 aliphatic carbocycles. The lowest BCUT2D eigenvalue weighted by Gasteiger charge is -2.16. The largest absolute Gasteiger partial charge is 0.438 e. The maximum absolute atomic E-state index is 6.30. The minimum Gasteiger partial charge on any atom is -0.438 e. The molecule has 18 rings (SSSR count). The zero-order valence-electron chi connectivity index (χ0n) is 46.8. The molecule has 0 aliphatic heterocycles. The molecule has 0 N–H and O–H groups in total. The van der Waals surface area contributed by atoms with Crippen molar-refractivity contribution < 1.29 is 8.83 Å². The SMILES string of the molecule is c1ccc(-c2nc(-c3ccnc4oc5ccccc5c34)nc(-c3cc4ccccc4c4ccc5cc(-c6ccc7c(-c8ccccc8)cc(-c8nc(-c9ccc%10ccccc%10c9)nc(-c9ccnc%10oc%11ccccc%11c9%10)n8)cc7c6)ccc5c34)n2)cc1. The summed E-state index contributed by atoms with van der Waals surface area (Å²) in [7, 11) is 0. The number of hydrogen-bond donors (Lipinski definition) is 0. The Bertz CT molecular complexity index is 5900. The summed E-state index contributed by atoms with van der Waals surface area (Å²) in [5, 5.41) is 14.5. The third-order valence-corrected chi connectivity index (χ3v) is 17.1. The van der Waals surface area contributed by atoms with Gasteiger partial charge in [-0.2, -0.15) is 0 Å². The molecular weight excluding hydrogens is 1080 g/mol. The van der Waals surface area contributed by atoms with Gasteiger partial charge in [0.05, 0.1) is 10.8 Å². The van der Waals surface area contributed by atoms with Crippen molar-refractivity contribution in [2.24, 2.45) is 0 Å². The number of furan rings is 2. The summed E-state index contributed by atoms with van der Waals surface area (Å²) in [6.45, 7) is 0. The van der Waals surface area contributed by atoms with Gasteiger partial charge in [-0.3, -0.25) is 0 Å². The summed E-state index contributed by atoms with van der Waals surface area (Å²) in [6, 6.07) is 88.6. The molecule has 0 saturated heterocycles. The maximum atomic E-state index is 6.30. The molecule has 6 aromatic heterocycles. The fraction of sp³-hybridized carbons (Fsp3) is 0. The van der Waals surface area contributed by atoms with Gasteiger partial charge in [-0.25, -0.2) is 39.9 Å². The lowest BCUT2D eigenvalue weighted by atomic mass is 9.90. The third kappa shape index (κ3) is 8.11. The van der Waals surface area contributed by atoms with E-state index >= 15 is 0 Å².